The molecule has 134 valence electrons. The quantitative estimate of drug-likeness (QED) is 0.757. The fourth-order valence-electron chi connectivity index (χ4n) is 3.58. The number of nitrogens with zero attached hydrogens (tertiary/aromatic N) is 3. The molecule has 0 N–H and O–H groups in total. The van der Waals surface area contributed by atoms with Crippen LogP contribution in [0.5, 0.6) is 0 Å². The number of hydrogen-bond acceptors (Lipinski definition) is 3. The van der Waals surface area contributed by atoms with E-state index in [2.05, 4.69) is 5.10 Å². The summed E-state index contributed by atoms with van der Waals surface area (Å²) >= 11 is 0. The normalized spacial score (nSPS) is 17.7. The van der Waals surface area contributed by atoms with E-state index in [0.717, 1.165) is 50.2 Å². The number of piperidine rings is 1. The molecule has 3 rings (SSSR count). The van der Waals surface area contributed by atoms with Crippen molar-refractivity contribution in [1.82, 2.24) is 14.7 Å². The highest BCUT2D eigenvalue weighted by molar-refractivity contribution is 5.93. The minimum atomic E-state index is 0.0913. The van der Waals surface area contributed by atoms with Gasteiger partial charge in [-0.05, 0) is 37.7 Å². The Balaban J connectivity index is 1.69. The molecule has 0 spiro atoms. The predicted octanol–water partition coefficient (Wildman–Crippen LogP) is 3.37. The average Bonchev–Trinajstić information content (AvgIpc) is 3.04. The van der Waals surface area contributed by atoms with Crippen molar-refractivity contribution in [1.29, 1.82) is 0 Å². The maximum atomic E-state index is 13.0. The van der Waals surface area contributed by atoms with Crippen molar-refractivity contribution < 1.29 is 9.53 Å². The number of aryl methyl sites for hydroxylation is 1. The molecule has 1 fully saturated rings. The Bertz CT molecular complexity index is 696. The summed E-state index contributed by atoms with van der Waals surface area (Å²) < 4.78 is 6.85. The summed E-state index contributed by atoms with van der Waals surface area (Å²) in [5.74, 6) is 0.670. The van der Waals surface area contributed by atoms with Gasteiger partial charge in [-0.3, -0.25) is 9.48 Å². The summed E-state index contributed by atoms with van der Waals surface area (Å²) in [5, 5.41) is 4.53. The Labute approximate surface area is 149 Å². The van der Waals surface area contributed by atoms with Crippen molar-refractivity contribution in [3.05, 3.63) is 42.1 Å². The highest BCUT2D eigenvalue weighted by Gasteiger charge is 2.26. The lowest BCUT2D eigenvalue weighted by atomic mass is 9.93. The topological polar surface area (TPSA) is 47.4 Å². The highest BCUT2D eigenvalue weighted by Crippen LogP contribution is 2.24. The van der Waals surface area contributed by atoms with Crippen LogP contribution >= 0.6 is 0 Å². The van der Waals surface area contributed by atoms with Gasteiger partial charge in [0.15, 0.2) is 0 Å². The summed E-state index contributed by atoms with van der Waals surface area (Å²) in [5.41, 5.74) is 2.55. The first-order valence-corrected chi connectivity index (χ1v) is 9.06. The van der Waals surface area contributed by atoms with E-state index < -0.39 is 0 Å². The SMILES string of the molecule is COCCCC1CCCN(C(=O)c2cc(-c3ccccc3)nn2C)C1. The third-order valence-corrected chi connectivity index (χ3v) is 4.94. The smallest absolute Gasteiger partial charge is 0.272 e. The van der Waals surface area contributed by atoms with Gasteiger partial charge in [0.2, 0.25) is 0 Å². The molecule has 5 heteroatoms. The van der Waals surface area contributed by atoms with E-state index in [4.69, 9.17) is 4.74 Å². The maximum absolute atomic E-state index is 13.0. The van der Waals surface area contributed by atoms with Crippen LogP contribution in [-0.4, -0.2) is 47.4 Å². The van der Waals surface area contributed by atoms with Crippen LogP contribution in [0.4, 0.5) is 0 Å². The van der Waals surface area contributed by atoms with Gasteiger partial charge < -0.3 is 9.64 Å². The molecular formula is C20H27N3O2. The van der Waals surface area contributed by atoms with E-state index in [1.807, 2.05) is 48.3 Å². The molecule has 0 aliphatic carbocycles. The van der Waals surface area contributed by atoms with Gasteiger partial charge in [0.05, 0.1) is 5.69 Å². The monoisotopic (exact) mass is 341 g/mol. The number of amides is 1. The number of hydrogen-bond donors (Lipinski definition) is 0. The molecule has 0 radical (unpaired) electrons. The molecule has 1 aromatic heterocycles. The molecule has 1 aliphatic heterocycles. The van der Waals surface area contributed by atoms with Crippen LogP contribution in [-0.2, 0) is 11.8 Å². The largest absolute Gasteiger partial charge is 0.385 e. The van der Waals surface area contributed by atoms with Gasteiger partial charge in [-0.15, -0.1) is 0 Å². The molecule has 1 unspecified atom stereocenters. The summed E-state index contributed by atoms with van der Waals surface area (Å²) in [6.45, 7) is 2.48. The Kier molecular flexibility index (Phi) is 5.87. The van der Waals surface area contributed by atoms with Crippen LogP contribution in [0.1, 0.15) is 36.2 Å². The van der Waals surface area contributed by atoms with Gasteiger partial charge in [0, 0.05) is 39.4 Å². The van der Waals surface area contributed by atoms with E-state index in [9.17, 15) is 4.79 Å². The summed E-state index contributed by atoms with van der Waals surface area (Å²) in [6, 6.07) is 11.9. The van der Waals surface area contributed by atoms with Crippen molar-refractivity contribution >= 4 is 5.91 Å². The Morgan fingerprint density at radius 3 is 2.88 bits per heavy atom. The number of ether oxygens (including phenoxy) is 1. The molecule has 25 heavy (non-hydrogen) atoms. The van der Waals surface area contributed by atoms with Crippen LogP contribution < -0.4 is 0 Å². The van der Waals surface area contributed by atoms with Crippen LogP contribution in [0.25, 0.3) is 11.3 Å². The number of carbonyl (C=O) groups is 1. The Morgan fingerprint density at radius 1 is 1.32 bits per heavy atom. The van der Waals surface area contributed by atoms with Crippen LogP contribution in [0.3, 0.4) is 0 Å². The zero-order valence-corrected chi connectivity index (χ0v) is 15.1. The van der Waals surface area contributed by atoms with E-state index in [-0.39, 0.29) is 5.91 Å². The van der Waals surface area contributed by atoms with Gasteiger partial charge in [0.25, 0.3) is 5.91 Å². The van der Waals surface area contributed by atoms with E-state index in [0.29, 0.717) is 11.6 Å². The highest BCUT2D eigenvalue weighted by atomic mass is 16.5. The van der Waals surface area contributed by atoms with Crippen molar-refractivity contribution in [3.8, 4) is 11.3 Å². The van der Waals surface area contributed by atoms with Gasteiger partial charge in [-0.25, -0.2) is 0 Å². The number of aromatic nitrogens is 2. The van der Waals surface area contributed by atoms with Crippen LogP contribution in [0.2, 0.25) is 0 Å². The lowest BCUT2D eigenvalue weighted by molar-refractivity contribution is 0.0649. The molecule has 1 aromatic carbocycles. The first kappa shape index (κ1) is 17.7. The van der Waals surface area contributed by atoms with Crippen molar-refractivity contribution in [2.24, 2.45) is 13.0 Å². The molecule has 1 aliphatic rings. The number of methoxy groups -OCH3 is 1. The second-order valence-electron chi connectivity index (χ2n) is 6.80. The van der Waals surface area contributed by atoms with Crippen molar-refractivity contribution in [2.75, 3.05) is 26.8 Å². The van der Waals surface area contributed by atoms with Gasteiger partial charge in [0.1, 0.15) is 5.69 Å². The number of benzene rings is 1. The second-order valence-corrected chi connectivity index (χ2v) is 6.80. The molecule has 0 saturated carbocycles. The second kappa shape index (κ2) is 8.30. The van der Waals surface area contributed by atoms with E-state index in [1.165, 1.54) is 6.42 Å². The zero-order valence-electron chi connectivity index (χ0n) is 15.1. The van der Waals surface area contributed by atoms with E-state index in [1.54, 1.807) is 11.8 Å². The molecule has 1 amide bonds. The first-order valence-electron chi connectivity index (χ1n) is 9.06. The van der Waals surface area contributed by atoms with Gasteiger partial charge >= 0.3 is 0 Å². The lowest BCUT2D eigenvalue weighted by Crippen LogP contribution is -2.40. The Morgan fingerprint density at radius 2 is 2.12 bits per heavy atom. The first-order chi connectivity index (χ1) is 12.2. The minimum Gasteiger partial charge on any atom is -0.385 e. The minimum absolute atomic E-state index is 0.0913. The summed E-state index contributed by atoms with van der Waals surface area (Å²) in [6.07, 6.45) is 4.46. The molecule has 5 nitrogen and oxygen atoms in total. The number of rotatable bonds is 6. The van der Waals surface area contributed by atoms with Gasteiger partial charge in [-0.2, -0.15) is 5.10 Å². The predicted molar refractivity (Wildman–Crippen MR) is 98.4 cm³/mol. The van der Waals surface area contributed by atoms with Crippen molar-refractivity contribution in [3.63, 3.8) is 0 Å². The van der Waals surface area contributed by atoms with E-state index >= 15 is 0 Å². The fourth-order valence-corrected chi connectivity index (χ4v) is 3.58. The zero-order chi connectivity index (χ0) is 17.6. The van der Waals surface area contributed by atoms with Crippen molar-refractivity contribution in [2.45, 2.75) is 25.7 Å². The summed E-state index contributed by atoms with van der Waals surface area (Å²) in [4.78, 5) is 15.0. The molecule has 2 heterocycles. The third kappa shape index (κ3) is 4.28. The van der Waals surface area contributed by atoms with Gasteiger partial charge in [-0.1, -0.05) is 30.3 Å². The standard InChI is InChI=1S/C20H27N3O2/c1-22-19(14-18(21-22)17-10-4-3-5-11-17)20(24)23-12-6-8-16(15-23)9-7-13-25-2/h3-5,10-11,14,16H,6-9,12-13,15H2,1-2H3. The molecule has 1 atom stereocenters. The average molecular weight is 341 g/mol. The fraction of sp³-hybridized carbons (Fsp3) is 0.500. The third-order valence-electron chi connectivity index (χ3n) is 4.94. The molecule has 2 aromatic rings. The molecular weight excluding hydrogens is 314 g/mol. The maximum Gasteiger partial charge on any atom is 0.272 e. The number of likely N-dealkylation sites (tertiary alicyclic amines) is 1. The van der Waals surface area contributed by atoms with Crippen LogP contribution in [0, 0.1) is 5.92 Å². The number of carbonyl (C=O) groups excluding carboxylic acids is 1. The molecule has 1 saturated heterocycles. The van der Waals surface area contributed by atoms with Crippen LogP contribution in [0.15, 0.2) is 36.4 Å². The molecule has 0 bridgehead atoms. The lowest BCUT2D eigenvalue weighted by Gasteiger charge is -2.32. The Hall–Kier alpha value is -2.14. The summed E-state index contributed by atoms with van der Waals surface area (Å²) in [7, 11) is 3.59.